The number of imidazole rings is 1. The molecule has 0 bridgehead atoms. The maximum atomic E-state index is 13.2. The third-order valence-electron chi connectivity index (χ3n) is 2.89. The van der Waals surface area contributed by atoms with Crippen molar-refractivity contribution in [3.8, 4) is 17.5 Å². The topological polar surface area (TPSA) is 52.5 Å². The van der Waals surface area contributed by atoms with Gasteiger partial charge in [0, 0.05) is 5.56 Å². The van der Waals surface area contributed by atoms with E-state index in [-0.39, 0.29) is 11.4 Å². The summed E-state index contributed by atoms with van der Waals surface area (Å²) >= 11 is 0. The summed E-state index contributed by atoms with van der Waals surface area (Å²) in [5, 5.41) is 8.97. The van der Waals surface area contributed by atoms with Crippen LogP contribution in [0.4, 0.5) is 13.2 Å². The van der Waals surface area contributed by atoms with E-state index in [2.05, 4.69) is 9.97 Å². The van der Waals surface area contributed by atoms with Crippen LogP contribution in [0, 0.1) is 28.8 Å². The minimum absolute atomic E-state index is 0.0708. The van der Waals surface area contributed by atoms with E-state index < -0.39 is 17.5 Å². The highest BCUT2D eigenvalue weighted by Gasteiger charge is 2.14. The van der Waals surface area contributed by atoms with Crippen molar-refractivity contribution in [2.24, 2.45) is 0 Å². The summed E-state index contributed by atoms with van der Waals surface area (Å²) in [4.78, 5) is 6.97. The first-order valence-electron chi connectivity index (χ1n) is 5.64. The number of aromatic amines is 1. The van der Waals surface area contributed by atoms with Gasteiger partial charge in [0.2, 0.25) is 0 Å². The first-order valence-corrected chi connectivity index (χ1v) is 5.64. The number of hydrogen-bond acceptors (Lipinski definition) is 2. The largest absolute Gasteiger partial charge is 0.338 e. The molecule has 0 saturated heterocycles. The van der Waals surface area contributed by atoms with E-state index in [4.69, 9.17) is 5.26 Å². The second kappa shape index (κ2) is 4.38. The molecule has 1 N–H and O–H groups in total. The van der Waals surface area contributed by atoms with Crippen LogP contribution >= 0.6 is 0 Å². The Morgan fingerprint density at radius 2 is 1.80 bits per heavy atom. The van der Waals surface area contributed by atoms with E-state index in [9.17, 15) is 13.2 Å². The van der Waals surface area contributed by atoms with Crippen LogP contribution in [0.5, 0.6) is 0 Å². The number of aromatic nitrogens is 2. The Morgan fingerprint density at radius 1 is 1.10 bits per heavy atom. The molecule has 0 saturated carbocycles. The van der Waals surface area contributed by atoms with Gasteiger partial charge in [-0.2, -0.15) is 5.26 Å². The Labute approximate surface area is 111 Å². The Morgan fingerprint density at radius 3 is 2.45 bits per heavy atom. The van der Waals surface area contributed by atoms with Crippen LogP contribution < -0.4 is 0 Å². The Balaban J connectivity index is 2.23. The molecule has 0 radical (unpaired) electrons. The number of halogens is 3. The zero-order chi connectivity index (χ0) is 14.3. The third-order valence-corrected chi connectivity index (χ3v) is 2.89. The lowest BCUT2D eigenvalue weighted by Crippen LogP contribution is -1.92. The minimum atomic E-state index is -1.53. The normalized spacial score (nSPS) is 10.7. The lowest BCUT2D eigenvalue weighted by Gasteiger charge is -1.99. The van der Waals surface area contributed by atoms with Crippen LogP contribution in [0.1, 0.15) is 5.56 Å². The SMILES string of the molecule is N#Cc1cccc2[nH]c(-c3cc(F)c(F)c(F)c3)nc12. The first kappa shape index (κ1) is 12.2. The number of H-pyrrole nitrogens is 1. The second-order valence-electron chi connectivity index (χ2n) is 4.15. The second-order valence-corrected chi connectivity index (χ2v) is 4.15. The molecule has 0 aliphatic carbocycles. The summed E-state index contributed by atoms with van der Waals surface area (Å²) in [5.74, 6) is -3.94. The summed E-state index contributed by atoms with van der Waals surface area (Å²) in [5.41, 5.74) is 1.37. The van der Waals surface area contributed by atoms with Crippen molar-refractivity contribution in [2.75, 3.05) is 0 Å². The van der Waals surface area contributed by atoms with Gasteiger partial charge in [-0.1, -0.05) is 6.07 Å². The molecule has 3 aromatic rings. The summed E-state index contributed by atoms with van der Waals surface area (Å²) in [6, 6.07) is 8.60. The van der Waals surface area contributed by atoms with Crippen molar-refractivity contribution in [2.45, 2.75) is 0 Å². The number of para-hydroxylation sites is 1. The van der Waals surface area contributed by atoms with Gasteiger partial charge in [0.15, 0.2) is 17.5 Å². The monoisotopic (exact) mass is 273 g/mol. The van der Waals surface area contributed by atoms with E-state index in [1.54, 1.807) is 18.2 Å². The van der Waals surface area contributed by atoms with Crippen LogP contribution in [0.2, 0.25) is 0 Å². The molecular formula is C14H6F3N3. The van der Waals surface area contributed by atoms with Crippen molar-refractivity contribution in [3.63, 3.8) is 0 Å². The molecule has 0 atom stereocenters. The highest BCUT2D eigenvalue weighted by molar-refractivity contribution is 5.84. The van der Waals surface area contributed by atoms with Crippen LogP contribution in [-0.4, -0.2) is 9.97 Å². The molecule has 2 aromatic carbocycles. The maximum absolute atomic E-state index is 13.2. The quantitative estimate of drug-likeness (QED) is 0.690. The maximum Gasteiger partial charge on any atom is 0.194 e. The number of fused-ring (bicyclic) bond motifs is 1. The van der Waals surface area contributed by atoms with Gasteiger partial charge in [-0.3, -0.25) is 0 Å². The predicted octanol–water partition coefficient (Wildman–Crippen LogP) is 3.52. The summed E-state index contributed by atoms with van der Waals surface area (Å²) < 4.78 is 39.4. The Bertz CT molecular complexity index is 839. The van der Waals surface area contributed by atoms with Gasteiger partial charge < -0.3 is 4.98 Å². The van der Waals surface area contributed by atoms with Crippen molar-refractivity contribution in [1.82, 2.24) is 9.97 Å². The molecule has 6 heteroatoms. The van der Waals surface area contributed by atoms with Crippen molar-refractivity contribution >= 4 is 11.0 Å². The lowest BCUT2D eigenvalue weighted by atomic mass is 10.2. The Hall–Kier alpha value is -2.81. The lowest BCUT2D eigenvalue weighted by molar-refractivity contribution is 0.447. The number of nitrogens with one attached hydrogen (secondary N) is 1. The molecular weight excluding hydrogens is 267 g/mol. The molecule has 0 unspecified atom stereocenters. The summed E-state index contributed by atoms with van der Waals surface area (Å²) in [7, 11) is 0. The fraction of sp³-hybridized carbons (Fsp3) is 0. The molecule has 1 aromatic heterocycles. The van der Waals surface area contributed by atoms with E-state index in [1.165, 1.54) is 0 Å². The summed E-state index contributed by atoms with van der Waals surface area (Å²) in [6.45, 7) is 0. The predicted molar refractivity (Wildman–Crippen MR) is 66.1 cm³/mol. The molecule has 1 heterocycles. The molecule has 98 valence electrons. The van der Waals surface area contributed by atoms with Crippen LogP contribution in [0.3, 0.4) is 0 Å². The number of nitrogens with zero attached hydrogens (tertiary/aromatic N) is 2. The Kier molecular flexibility index (Phi) is 2.68. The average Bonchev–Trinajstić information content (AvgIpc) is 2.88. The van der Waals surface area contributed by atoms with Crippen molar-refractivity contribution in [1.29, 1.82) is 5.26 Å². The highest BCUT2D eigenvalue weighted by atomic mass is 19.2. The van der Waals surface area contributed by atoms with Gasteiger partial charge in [0.1, 0.15) is 17.4 Å². The highest BCUT2D eigenvalue weighted by Crippen LogP contribution is 2.25. The first-order chi connectivity index (χ1) is 9.60. The molecule has 20 heavy (non-hydrogen) atoms. The molecule has 0 aliphatic rings. The number of benzene rings is 2. The smallest absolute Gasteiger partial charge is 0.194 e. The van der Waals surface area contributed by atoms with E-state index in [1.807, 2.05) is 6.07 Å². The summed E-state index contributed by atoms with van der Waals surface area (Å²) in [6.07, 6.45) is 0. The third kappa shape index (κ3) is 1.80. The fourth-order valence-corrected chi connectivity index (χ4v) is 1.95. The van der Waals surface area contributed by atoms with Gasteiger partial charge in [-0.15, -0.1) is 0 Å². The molecule has 3 nitrogen and oxygen atoms in total. The van der Waals surface area contributed by atoms with Crippen molar-refractivity contribution in [3.05, 3.63) is 53.3 Å². The molecule has 0 spiro atoms. The van der Waals surface area contributed by atoms with E-state index in [0.29, 0.717) is 16.6 Å². The molecule has 0 fully saturated rings. The number of nitriles is 1. The average molecular weight is 273 g/mol. The minimum Gasteiger partial charge on any atom is -0.338 e. The standard InChI is InChI=1S/C14H6F3N3/c15-9-4-8(5-10(16)12(9)17)14-19-11-3-1-2-7(6-18)13(11)20-14/h1-5H,(H,19,20). The molecule has 0 amide bonds. The fourth-order valence-electron chi connectivity index (χ4n) is 1.95. The van der Waals surface area contributed by atoms with Crippen LogP contribution in [0.15, 0.2) is 30.3 Å². The van der Waals surface area contributed by atoms with Gasteiger partial charge >= 0.3 is 0 Å². The van der Waals surface area contributed by atoms with Gasteiger partial charge in [0.05, 0.1) is 11.1 Å². The van der Waals surface area contributed by atoms with E-state index in [0.717, 1.165) is 12.1 Å². The van der Waals surface area contributed by atoms with Gasteiger partial charge in [0.25, 0.3) is 0 Å². The van der Waals surface area contributed by atoms with Crippen LogP contribution in [0.25, 0.3) is 22.4 Å². The zero-order valence-corrected chi connectivity index (χ0v) is 9.92. The van der Waals surface area contributed by atoms with Gasteiger partial charge in [-0.05, 0) is 24.3 Å². The number of hydrogen-bond donors (Lipinski definition) is 1. The van der Waals surface area contributed by atoms with E-state index >= 15 is 0 Å². The van der Waals surface area contributed by atoms with Crippen LogP contribution in [-0.2, 0) is 0 Å². The zero-order valence-electron chi connectivity index (χ0n) is 9.92. The molecule has 3 rings (SSSR count). The molecule has 0 aliphatic heterocycles. The number of rotatable bonds is 1. The van der Waals surface area contributed by atoms with Crippen molar-refractivity contribution < 1.29 is 13.2 Å². The van der Waals surface area contributed by atoms with Gasteiger partial charge in [-0.25, -0.2) is 18.2 Å².